The zero-order valence-electron chi connectivity index (χ0n) is 11.9. The minimum Gasteiger partial charge on any atom is -0.378 e. The van der Waals surface area contributed by atoms with Crippen LogP contribution in [0.3, 0.4) is 0 Å². The maximum absolute atomic E-state index is 11.9. The van der Waals surface area contributed by atoms with E-state index in [-0.39, 0.29) is 17.6 Å². The second-order valence-corrected chi connectivity index (χ2v) is 4.74. The molecule has 0 aliphatic carbocycles. The van der Waals surface area contributed by atoms with Gasteiger partial charge in [-0.3, -0.25) is 14.9 Å². The first-order valence-corrected chi connectivity index (χ1v) is 6.36. The van der Waals surface area contributed by atoms with Crippen molar-refractivity contribution in [3.63, 3.8) is 0 Å². The quantitative estimate of drug-likeness (QED) is 0.606. The molecule has 7 nitrogen and oxygen atoms in total. The summed E-state index contributed by atoms with van der Waals surface area (Å²) in [6.07, 6.45) is 0.761. The lowest BCUT2D eigenvalue weighted by molar-refractivity contribution is -0.384. The van der Waals surface area contributed by atoms with Gasteiger partial charge in [-0.05, 0) is 18.6 Å². The molecule has 3 N–H and O–H groups in total. The van der Waals surface area contributed by atoms with Gasteiger partial charge >= 0.3 is 0 Å². The third-order valence-corrected chi connectivity index (χ3v) is 2.93. The SMILES string of the molecule is CCC(N)CNc1cc(C(=O)N(C)C)ccc1[N+](=O)[O-]. The summed E-state index contributed by atoms with van der Waals surface area (Å²) in [7, 11) is 3.26. The summed E-state index contributed by atoms with van der Waals surface area (Å²) in [5.74, 6) is -0.206. The number of carbonyl (C=O) groups is 1. The predicted octanol–water partition coefficient (Wildman–Crippen LogP) is 1.45. The summed E-state index contributed by atoms with van der Waals surface area (Å²) in [6, 6.07) is 4.17. The van der Waals surface area contributed by atoms with Crippen LogP contribution in [0, 0.1) is 10.1 Å². The maximum atomic E-state index is 11.9. The standard InChI is InChI=1S/C13H20N4O3/c1-4-10(14)8-15-11-7-9(13(18)16(2)3)5-6-12(11)17(19)20/h5-7,10,15H,4,8,14H2,1-3H3. The number of nitrogens with two attached hydrogens (primary N) is 1. The summed E-state index contributed by atoms with van der Waals surface area (Å²) >= 11 is 0. The summed E-state index contributed by atoms with van der Waals surface area (Å²) < 4.78 is 0. The van der Waals surface area contributed by atoms with Crippen LogP contribution in [0.15, 0.2) is 18.2 Å². The van der Waals surface area contributed by atoms with Crippen LogP contribution < -0.4 is 11.1 Å². The molecule has 0 spiro atoms. The lowest BCUT2D eigenvalue weighted by atomic mass is 10.1. The molecule has 0 saturated heterocycles. The first kappa shape index (κ1) is 15.9. The molecule has 1 aromatic carbocycles. The van der Waals surface area contributed by atoms with Crippen molar-refractivity contribution in [2.45, 2.75) is 19.4 Å². The van der Waals surface area contributed by atoms with Crippen molar-refractivity contribution in [2.24, 2.45) is 5.73 Å². The second kappa shape index (κ2) is 6.85. The molecule has 1 unspecified atom stereocenters. The molecule has 20 heavy (non-hydrogen) atoms. The van der Waals surface area contributed by atoms with E-state index in [4.69, 9.17) is 5.73 Å². The van der Waals surface area contributed by atoms with Gasteiger partial charge in [0.25, 0.3) is 11.6 Å². The number of amides is 1. The zero-order chi connectivity index (χ0) is 15.3. The summed E-state index contributed by atoms with van der Waals surface area (Å²) in [5, 5.41) is 13.9. The molecular weight excluding hydrogens is 260 g/mol. The maximum Gasteiger partial charge on any atom is 0.292 e. The minimum atomic E-state index is -0.482. The van der Waals surface area contributed by atoms with E-state index in [1.54, 1.807) is 14.1 Å². The van der Waals surface area contributed by atoms with Crippen molar-refractivity contribution < 1.29 is 9.72 Å². The Hall–Kier alpha value is -2.15. The van der Waals surface area contributed by atoms with Gasteiger partial charge < -0.3 is 16.0 Å². The lowest BCUT2D eigenvalue weighted by Gasteiger charge is -2.14. The van der Waals surface area contributed by atoms with Crippen LogP contribution in [0.25, 0.3) is 0 Å². The van der Waals surface area contributed by atoms with Gasteiger partial charge in [0.2, 0.25) is 0 Å². The molecule has 1 rings (SSSR count). The Bertz CT molecular complexity index is 502. The number of benzene rings is 1. The van der Waals surface area contributed by atoms with E-state index in [1.165, 1.54) is 23.1 Å². The normalized spacial score (nSPS) is 11.8. The summed E-state index contributed by atoms with van der Waals surface area (Å²) in [4.78, 5) is 23.8. The zero-order valence-corrected chi connectivity index (χ0v) is 11.9. The fraction of sp³-hybridized carbons (Fsp3) is 0.462. The van der Waals surface area contributed by atoms with Gasteiger partial charge in [-0.2, -0.15) is 0 Å². The molecule has 0 heterocycles. The molecule has 0 aliphatic rings. The highest BCUT2D eigenvalue weighted by molar-refractivity contribution is 5.95. The number of nitrogens with one attached hydrogen (secondary N) is 1. The third-order valence-electron chi connectivity index (χ3n) is 2.93. The highest BCUT2D eigenvalue weighted by atomic mass is 16.6. The first-order valence-electron chi connectivity index (χ1n) is 6.36. The largest absolute Gasteiger partial charge is 0.378 e. The predicted molar refractivity (Wildman–Crippen MR) is 77.9 cm³/mol. The van der Waals surface area contributed by atoms with E-state index in [1.807, 2.05) is 6.92 Å². The lowest BCUT2D eigenvalue weighted by Crippen LogP contribution is -2.28. The third kappa shape index (κ3) is 3.92. The monoisotopic (exact) mass is 280 g/mol. The van der Waals surface area contributed by atoms with Gasteiger partial charge in [-0.25, -0.2) is 0 Å². The molecule has 0 bridgehead atoms. The van der Waals surface area contributed by atoms with Crippen molar-refractivity contribution in [3.05, 3.63) is 33.9 Å². The van der Waals surface area contributed by atoms with Crippen LogP contribution in [0.1, 0.15) is 23.7 Å². The molecule has 110 valence electrons. The van der Waals surface area contributed by atoms with Gasteiger partial charge in [-0.1, -0.05) is 6.92 Å². The first-order chi connectivity index (χ1) is 9.36. The smallest absolute Gasteiger partial charge is 0.292 e. The number of rotatable bonds is 6. The van der Waals surface area contributed by atoms with Gasteiger partial charge in [0.05, 0.1) is 4.92 Å². The molecule has 1 amide bonds. The van der Waals surface area contributed by atoms with E-state index < -0.39 is 4.92 Å². The van der Waals surface area contributed by atoms with Gasteiger partial charge in [0, 0.05) is 38.3 Å². The fourth-order valence-electron chi connectivity index (χ4n) is 1.61. The van der Waals surface area contributed by atoms with Crippen LogP contribution in [0.4, 0.5) is 11.4 Å². The van der Waals surface area contributed by atoms with Crippen LogP contribution in [-0.4, -0.2) is 42.4 Å². The number of anilines is 1. The number of nitro benzene ring substituents is 1. The number of carbonyl (C=O) groups excluding carboxylic acids is 1. The molecule has 0 fully saturated rings. The summed E-state index contributed by atoms with van der Waals surface area (Å²) in [6.45, 7) is 2.35. The average Bonchev–Trinajstić information content (AvgIpc) is 2.43. The Morgan fingerprint density at radius 3 is 2.65 bits per heavy atom. The van der Waals surface area contributed by atoms with Crippen LogP contribution >= 0.6 is 0 Å². The van der Waals surface area contributed by atoms with Crippen LogP contribution in [0.2, 0.25) is 0 Å². The molecule has 7 heteroatoms. The Balaban J connectivity index is 3.06. The molecule has 0 saturated carbocycles. The Morgan fingerprint density at radius 1 is 1.50 bits per heavy atom. The number of hydrogen-bond donors (Lipinski definition) is 2. The van der Waals surface area contributed by atoms with Crippen molar-refractivity contribution in [2.75, 3.05) is 26.0 Å². The Morgan fingerprint density at radius 2 is 2.15 bits per heavy atom. The molecule has 0 radical (unpaired) electrons. The van der Waals surface area contributed by atoms with E-state index in [9.17, 15) is 14.9 Å². The molecule has 0 aromatic heterocycles. The fourth-order valence-corrected chi connectivity index (χ4v) is 1.61. The van der Waals surface area contributed by atoms with E-state index in [0.29, 0.717) is 17.8 Å². The Kier molecular flexibility index (Phi) is 5.45. The van der Waals surface area contributed by atoms with Gasteiger partial charge in [-0.15, -0.1) is 0 Å². The van der Waals surface area contributed by atoms with Crippen LogP contribution in [-0.2, 0) is 0 Å². The number of nitrogens with zero attached hydrogens (tertiary/aromatic N) is 2. The topological polar surface area (TPSA) is 102 Å². The van der Waals surface area contributed by atoms with Crippen molar-refractivity contribution >= 4 is 17.3 Å². The average molecular weight is 280 g/mol. The van der Waals surface area contributed by atoms with E-state index in [2.05, 4.69) is 5.32 Å². The van der Waals surface area contributed by atoms with E-state index in [0.717, 1.165) is 6.42 Å². The number of nitro groups is 1. The molecular formula is C13H20N4O3. The molecule has 1 atom stereocenters. The van der Waals surface area contributed by atoms with Crippen molar-refractivity contribution in [1.82, 2.24) is 4.90 Å². The van der Waals surface area contributed by atoms with Gasteiger partial charge in [0.15, 0.2) is 0 Å². The van der Waals surface area contributed by atoms with E-state index >= 15 is 0 Å². The minimum absolute atomic E-state index is 0.0661. The number of hydrogen-bond acceptors (Lipinski definition) is 5. The molecule has 0 aliphatic heterocycles. The molecule has 1 aromatic rings. The second-order valence-electron chi connectivity index (χ2n) is 4.74. The van der Waals surface area contributed by atoms with Crippen LogP contribution in [0.5, 0.6) is 0 Å². The summed E-state index contributed by atoms with van der Waals surface area (Å²) in [5.41, 5.74) is 6.43. The highest BCUT2D eigenvalue weighted by Crippen LogP contribution is 2.25. The van der Waals surface area contributed by atoms with Crippen molar-refractivity contribution in [3.8, 4) is 0 Å². The van der Waals surface area contributed by atoms with Crippen molar-refractivity contribution in [1.29, 1.82) is 0 Å². The Labute approximate surface area is 117 Å². The highest BCUT2D eigenvalue weighted by Gasteiger charge is 2.17. The van der Waals surface area contributed by atoms with Gasteiger partial charge in [0.1, 0.15) is 5.69 Å².